The van der Waals surface area contributed by atoms with E-state index in [4.69, 9.17) is 9.47 Å². The number of ether oxygens (including phenoxy) is 2. The largest absolute Gasteiger partial charge is 0.466 e. The first-order valence-corrected chi connectivity index (χ1v) is 43.4. The van der Waals surface area contributed by atoms with Crippen LogP contribution in [0, 0.1) is 0 Å². The summed E-state index contributed by atoms with van der Waals surface area (Å²) in [7, 11) is 0. The molecule has 0 heterocycles. The molecule has 0 saturated heterocycles. The third-order valence-corrected chi connectivity index (χ3v) is 20.2. The van der Waals surface area contributed by atoms with Gasteiger partial charge in [0.25, 0.3) is 0 Å². The molecule has 0 aromatic carbocycles. The molecule has 0 atom stereocenters. The predicted octanol–water partition coefficient (Wildman–Crippen LogP) is 31.5. The Balaban J connectivity index is 0. The van der Waals surface area contributed by atoms with Gasteiger partial charge in [0.05, 0.1) is 6.61 Å². The molecular formula is C87H172O5. The lowest BCUT2D eigenvalue weighted by atomic mass is 10.0. The molecule has 0 spiro atoms. The lowest BCUT2D eigenvalue weighted by molar-refractivity contribution is -0.159. The van der Waals surface area contributed by atoms with Crippen molar-refractivity contribution >= 4 is 17.9 Å². The van der Waals surface area contributed by atoms with Gasteiger partial charge in [-0.05, 0) is 25.7 Å². The first-order chi connectivity index (χ1) is 45.5. The van der Waals surface area contributed by atoms with Crippen LogP contribution in [0.1, 0.15) is 535 Å². The molecule has 550 valence electrons. The molecule has 0 aromatic rings. The van der Waals surface area contributed by atoms with Crippen LogP contribution < -0.4 is 0 Å². The van der Waals surface area contributed by atoms with Crippen molar-refractivity contribution in [1.29, 1.82) is 0 Å². The monoisotopic (exact) mass is 1300 g/mol. The van der Waals surface area contributed by atoms with Gasteiger partial charge in [-0.3, -0.25) is 14.4 Å². The first kappa shape index (κ1) is 92.7. The molecule has 0 amide bonds. The Hall–Kier alpha value is -1.39. The standard InChI is InChI=1S/C44H86O3.C43H86O2/c1-3-5-7-9-11-13-15-17-19-21-23-25-27-29-31-33-35-37-39-41-43(45)47-44(46)42-40-38-36-34-32-30-28-26-24-22-20-18-16-14-12-10-8-6-4-2;1-3-5-7-9-11-13-15-17-19-21-22-23-24-26-28-30-32-34-36-38-40-42-45-43(44)41-39-37-35-33-31-29-27-25-20-18-16-14-12-10-8-6-4-2/h3-42H2,1-2H3;3-42H2,1-2H3. The molecule has 0 saturated carbocycles. The molecule has 0 rings (SSSR count). The maximum atomic E-state index is 12.0. The highest BCUT2D eigenvalue weighted by molar-refractivity contribution is 5.85. The minimum atomic E-state index is -0.320. The molecule has 0 fully saturated rings. The van der Waals surface area contributed by atoms with E-state index in [9.17, 15) is 14.4 Å². The van der Waals surface area contributed by atoms with Gasteiger partial charge in [0.2, 0.25) is 0 Å². The lowest BCUT2D eigenvalue weighted by Gasteiger charge is -2.06. The van der Waals surface area contributed by atoms with Crippen molar-refractivity contribution in [3.8, 4) is 0 Å². The Labute approximate surface area is 580 Å². The van der Waals surface area contributed by atoms with Crippen molar-refractivity contribution in [2.75, 3.05) is 6.61 Å². The van der Waals surface area contributed by atoms with E-state index < -0.39 is 0 Å². The molecule has 0 aromatic heterocycles. The average molecular weight is 1300 g/mol. The number of rotatable bonds is 80. The van der Waals surface area contributed by atoms with Crippen LogP contribution >= 0.6 is 0 Å². The van der Waals surface area contributed by atoms with Gasteiger partial charge >= 0.3 is 17.9 Å². The molecule has 92 heavy (non-hydrogen) atoms. The summed E-state index contributed by atoms with van der Waals surface area (Å²) in [6.45, 7) is 9.81. The van der Waals surface area contributed by atoms with Crippen LogP contribution in [0.25, 0.3) is 0 Å². The molecule has 0 aliphatic rings. The van der Waals surface area contributed by atoms with Crippen LogP contribution in [0.4, 0.5) is 0 Å². The number of carbonyl (C=O) groups is 3. The maximum Gasteiger partial charge on any atom is 0.313 e. The van der Waals surface area contributed by atoms with E-state index in [2.05, 4.69) is 27.7 Å². The Kier molecular flexibility index (Phi) is 88.3. The normalized spacial score (nSPS) is 11.4. The maximum absolute atomic E-state index is 12.0. The number of unbranched alkanes of at least 4 members (excludes halogenated alkanes) is 72. The van der Waals surface area contributed by atoms with Crippen LogP contribution in [0.3, 0.4) is 0 Å². The Morgan fingerprint density at radius 2 is 0.272 bits per heavy atom. The van der Waals surface area contributed by atoms with Gasteiger partial charge in [0.1, 0.15) is 0 Å². The molecule has 0 radical (unpaired) electrons. The van der Waals surface area contributed by atoms with Crippen molar-refractivity contribution in [3.05, 3.63) is 0 Å². The molecule has 0 unspecified atom stereocenters. The molecule has 5 heteroatoms. The van der Waals surface area contributed by atoms with E-state index in [1.54, 1.807) is 0 Å². The van der Waals surface area contributed by atoms with Crippen LogP contribution in [0.5, 0.6) is 0 Å². The van der Waals surface area contributed by atoms with Crippen molar-refractivity contribution in [3.63, 3.8) is 0 Å². The van der Waals surface area contributed by atoms with Gasteiger partial charge in [-0.25, -0.2) is 0 Å². The molecule has 0 bridgehead atoms. The fourth-order valence-electron chi connectivity index (χ4n) is 13.7. The van der Waals surface area contributed by atoms with Crippen molar-refractivity contribution in [2.24, 2.45) is 0 Å². The van der Waals surface area contributed by atoms with E-state index in [0.29, 0.717) is 25.9 Å². The lowest BCUT2D eigenvalue weighted by Crippen LogP contribution is -2.11. The van der Waals surface area contributed by atoms with Gasteiger partial charge in [-0.1, -0.05) is 490 Å². The summed E-state index contributed by atoms with van der Waals surface area (Å²) in [6.07, 6.45) is 105. The van der Waals surface area contributed by atoms with Crippen LogP contribution in [0.2, 0.25) is 0 Å². The second-order valence-corrected chi connectivity index (χ2v) is 29.8. The van der Waals surface area contributed by atoms with Crippen LogP contribution in [0.15, 0.2) is 0 Å². The SMILES string of the molecule is CCCCCCCCCCCCCCCCCCCCCC(=O)OC(=O)CCCCCCCCCCCCCCCCCCCCC.CCCCCCCCCCCCCCCCCCCCCCCOC(=O)CCCCCCCCCCCCCCCCCCC. The molecular weight excluding hydrogens is 1120 g/mol. The van der Waals surface area contributed by atoms with E-state index in [1.807, 2.05) is 0 Å². The van der Waals surface area contributed by atoms with E-state index in [1.165, 1.54) is 449 Å². The highest BCUT2D eigenvalue weighted by Crippen LogP contribution is 2.21. The summed E-state index contributed by atoms with van der Waals surface area (Å²) < 4.78 is 10.5. The van der Waals surface area contributed by atoms with Crippen LogP contribution in [-0.4, -0.2) is 24.5 Å². The predicted molar refractivity (Wildman–Crippen MR) is 409 cm³/mol. The van der Waals surface area contributed by atoms with Crippen molar-refractivity contribution < 1.29 is 23.9 Å². The summed E-state index contributed by atoms with van der Waals surface area (Å²) in [5.74, 6) is -0.608. The number of carbonyl (C=O) groups excluding carboxylic acids is 3. The van der Waals surface area contributed by atoms with Gasteiger partial charge in [0, 0.05) is 19.3 Å². The zero-order valence-electron chi connectivity index (χ0n) is 64.1. The summed E-state index contributed by atoms with van der Waals surface area (Å²) in [5, 5.41) is 0. The second-order valence-electron chi connectivity index (χ2n) is 29.8. The van der Waals surface area contributed by atoms with Gasteiger partial charge in [-0.15, -0.1) is 0 Å². The van der Waals surface area contributed by atoms with Crippen LogP contribution in [-0.2, 0) is 23.9 Å². The Morgan fingerprint density at radius 1 is 0.152 bits per heavy atom. The summed E-state index contributed by atoms with van der Waals surface area (Å²) in [5.41, 5.74) is 0. The second kappa shape index (κ2) is 87.6. The van der Waals surface area contributed by atoms with Crippen molar-refractivity contribution in [2.45, 2.75) is 535 Å². The fraction of sp³-hybridized carbons (Fsp3) is 0.966. The van der Waals surface area contributed by atoms with Gasteiger partial charge in [-0.2, -0.15) is 0 Å². The minimum Gasteiger partial charge on any atom is -0.466 e. The van der Waals surface area contributed by atoms with E-state index in [0.717, 1.165) is 38.5 Å². The zero-order valence-corrected chi connectivity index (χ0v) is 64.1. The van der Waals surface area contributed by atoms with Crippen molar-refractivity contribution in [1.82, 2.24) is 0 Å². The highest BCUT2D eigenvalue weighted by Gasteiger charge is 2.11. The fourth-order valence-corrected chi connectivity index (χ4v) is 13.7. The topological polar surface area (TPSA) is 69.7 Å². The summed E-state index contributed by atoms with van der Waals surface area (Å²) >= 11 is 0. The smallest absolute Gasteiger partial charge is 0.313 e. The third-order valence-electron chi connectivity index (χ3n) is 20.2. The molecule has 0 aliphatic heterocycles. The zero-order chi connectivity index (χ0) is 66.7. The highest BCUT2D eigenvalue weighted by atomic mass is 16.6. The number of hydrogen-bond donors (Lipinski definition) is 0. The average Bonchev–Trinajstić information content (AvgIpc) is 3.58. The van der Waals surface area contributed by atoms with Gasteiger partial charge in [0.15, 0.2) is 0 Å². The first-order valence-electron chi connectivity index (χ1n) is 43.4. The molecule has 5 nitrogen and oxygen atoms in total. The summed E-state index contributed by atoms with van der Waals surface area (Å²) in [6, 6.07) is 0. The van der Waals surface area contributed by atoms with E-state index in [-0.39, 0.29) is 17.9 Å². The van der Waals surface area contributed by atoms with Gasteiger partial charge < -0.3 is 9.47 Å². The third kappa shape index (κ3) is 88.6. The quantitative estimate of drug-likeness (QED) is 0.0345. The number of hydrogen-bond acceptors (Lipinski definition) is 5. The van der Waals surface area contributed by atoms with E-state index >= 15 is 0 Å². The Bertz CT molecular complexity index is 1290. The Morgan fingerprint density at radius 3 is 0.424 bits per heavy atom. The molecule has 0 aliphatic carbocycles. The number of esters is 3. The summed E-state index contributed by atoms with van der Waals surface area (Å²) in [4.78, 5) is 36.0. The minimum absolute atomic E-state index is 0.0316. The molecule has 0 N–H and O–H groups in total.